The maximum atomic E-state index is 13.6. The molecule has 5 heterocycles. The number of carbonyl (C=O) groups excluding carboxylic acids is 1. The summed E-state index contributed by atoms with van der Waals surface area (Å²) in [7, 11) is -2.69. The molecule has 2 aliphatic rings. The quantitative estimate of drug-likeness (QED) is 0.0445. The number of fused-ring (bicyclic) bond motifs is 3. The lowest BCUT2D eigenvalue weighted by atomic mass is 9.85. The Balaban J connectivity index is 1.49. The minimum absolute atomic E-state index is 0.0240. The Hall–Kier alpha value is -4.05. The number of ether oxygens (including phenoxy) is 4. The van der Waals surface area contributed by atoms with Crippen LogP contribution in [-0.2, 0) is 18.9 Å². The van der Waals surface area contributed by atoms with Crippen LogP contribution in [0.3, 0.4) is 0 Å². The van der Waals surface area contributed by atoms with Crippen LogP contribution < -0.4 is 4.90 Å². The van der Waals surface area contributed by atoms with E-state index in [4.69, 9.17) is 34.0 Å². The maximum Gasteiger partial charge on any atom is 0.410 e. The third-order valence-corrected chi connectivity index (χ3v) is 14.3. The summed E-state index contributed by atoms with van der Waals surface area (Å²) in [5.41, 5.74) is 5.59. The molecular formula is C45H66N6O5Si2. The fraction of sp³-hybridized carbons (Fsp3) is 0.556. The van der Waals surface area contributed by atoms with Gasteiger partial charge in [0, 0.05) is 70.3 Å². The number of rotatable bonds is 17. The van der Waals surface area contributed by atoms with Crippen molar-refractivity contribution in [2.45, 2.75) is 128 Å². The van der Waals surface area contributed by atoms with E-state index >= 15 is 0 Å². The Morgan fingerprint density at radius 3 is 2.03 bits per heavy atom. The summed E-state index contributed by atoms with van der Waals surface area (Å²) < 4.78 is 27.2. The fourth-order valence-corrected chi connectivity index (χ4v) is 9.43. The molecule has 1 amide bonds. The maximum absolute atomic E-state index is 13.6. The van der Waals surface area contributed by atoms with E-state index in [0.717, 1.165) is 77.2 Å². The van der Waals surface area contributed by atoms with Gasteiger partial charge in [0.05, 0.1) is 29.8 Å². The summed E-state index contributed by atoms with van der Waals surface area (Å²) in [5.74, 6) is 1.33. The Bertz CT molecular complexity index is 1980. The van der Waals surface area contributed by atoms with Crippen LogP contribution in [0, 0.1) is 0 Å². The lowest BCUT2D eigenvalue weighted by Crippen LogP contribution is -2.48. The number of benzene rings is 1. The summed E-state index contributed by atoms with van der Waals surface area (Å²) in [5, 5.41) is 5.05. The lowest BCUT2D eigenvalue weighted by molar-refractivity contribution is 0.00566. The molecule has 3 atom stereocenters. The van der Waals surface area contributed by atoms with Gasteiger partial charge < -0.3 is 28.7 Å². The molecule has 2 fully saturated rings. The molecular weight excluding hydrogens is 761 g/mol. The number of anilines is 1. The molecule has 58 heavy (non-hydrogen) atoms. The van der Waals surface area contributed by atoms with E-state index in [1.165, 1.54) is 0 Å². The molecule has 11 nitrogen and oxygen atoms in total. The Morgan fingerprint density at radius 1 is 0.879 bits per heavy atom. The predicted molar refractivity (Wildman–Crippen MR) is 240 cm³/mol. The van der Waals surface area contributed by atoms with Gasteiger partial charge in [0.15, 0.2) is 5.65 Å². The Kier molecular flexibility index (Phi) is 13.6. The Morgan fingerprint density at radius 2 is 1.50 bits per heavy atom. The van der Waals surface area contributed by atoms with Crippen molar-refractivity contribution in [2.24, 2.45) is 0 Å². The number of piperidine rings is 1. The van der Waals surface area contributed by atoms with Gasteiger partial charge in [0.25, 0.3) is 0 Å². The molecule has 13 heteroatoms. The van der Waals surface area contributed by atoms with Crippen molar-refractivity contribution in [3.8, 4) is 22.4 Å². The van der Waals surface area contributed by atoms with Gasteiger partial charge in [0.1, 0.15) is 30.6 Å². The zero-order chi connectivity index (χ0) is 41.8. The van der Waals surface area contributed by atoms with Gasteiger partial charge in [0.2, 0.25) is 0 Å². The minimum atomic E-state index is -1.34. The molecule has 314 valence electrons. The van der Waals surface area contributed by atoms with Crippen LogP contribution in [0.5, 0.6) is 0 Å². The smallest absolute Gasteiger partial charge is 0.410 e. The van der Waals surface area contributed by atoms with Gasteiger partial charge in [-0.15, -0.1) is 0 Å². The first-order valence-electron chi connectivity index (χ1n) is 21.1. The van der Waals surface area contributed by atoms with Crippen molar-refractivity contribution in [3.63, 3.8) is 0 Å². The molecule has 4 aromatic rings. The van der Waals surface area contributed by atoms with Crippen LogP contribution in [0.2, 0.25) is 51.4 Å². The number of pyridine rings is 1. The standard InChI is InChI=1S/C45H66N6O5Si2/c1-12-55-32(2)40-41(35-26-36-19-20-37(27-35)50(36)44(52)56-45(3,4)5)48-42-38(34-18-21-39(46-28-34)33-16-14-13-15-17-33)29-47-51(42)43(40)49(30-53-22-24-57(6,7)8)31-54-23-25-58(9,10)11/h13-18,21,28-29,35-37H,2,12,19-20,22-27,30-31H2,1,3-11H3/t35?,36-,37+. The number of carbonyl (C=O) groups is 1. The monoisotopic (exact) mass is 826 g/mol. The molecule has 2 bridgehead atoms. The summed E-state index contributed by atoms with van der Waals surface area (Å²) in [6.45, 7) is 28.8. The van der Waals surface area contributed by atoms with E-state index in [9.17, 15) is 4.79 Å². The molecule has 0 radical (unpaired) electrons. The third-order valence-electron chi connectivity index (χ3n) is 10.9. The molecule has 0 N–H and O–H groups in total. The zero-order valence-electron chi connectivity index (χ0n) is 36.6. The van der Waals surface area contributed by atoms with Crippen LogP contribution in [0.1, 0.15) is 70.6 Å². The summed E-state index contributed by atoms with van der Waals surface area (Å²) in [6.07, 6.45) is 6.91. The molecule has 0 aliphatic carbocycles. The van der Waals surface area contributed by atoms with Crippen molar-refractivity contribution in [3.05, 3.63) is 72.7 Å². The molecule has 6 rings (SSSR count). The number of hydrogen-bond acceptors (Lipinski definition) is 9. The molecule has 1 aromatic carbocycles. The highest BCUT2D eigenvalue weighted by molar-refractivity contribution is 6.76. The molecule has 2 saturated heterocycles. The second kappa shape index (κ2) is 18.1. The van der Waals surface area contributed by atoms with Crippen molar-refractivity contribution >= 4 is 39.5 Å². The molecule has 1 unspecified atom stereocenters. The van der Waals surface area contributed by atoms with Crippen LogP contribution in [-0.4, -0.2) is 97.7 Å². The molecule has 2 aliphatic heterocycles. The molecule has 0 spiro atoms. The van der Waals surface area contributed by atoms with E-state index in [1.807, 2.05) is 67.7 Å². The highest BCUT2D eigenvalue weighted by Crippen LogP contribution is 2.47. The first-order valence-corrected chi connectivity index (χ1v) is 28.5. The second-order valence-corrected chi connectivity index (χ2v) is 30.6. The van der Waals surface area contributed by atoms with E-state index in [0.29, 0.717) is 44.7 Å². The van der Waals surface area contributed by atoms with Crippen LogP contribution >= 0.6 is 0 Å². The van der Waals surface area contributed by atoms with Gasteiger partial charge in [-0.1, -0.05) is 82.3 Å². The van der Waals surface area contributed by atoms with Gasteiger partial charge >= 0.3 is 6.09 Å². The minimum Gasteiger partial charge on any atom is -0.494 e. The summed E-state index contributed by atoms with van der Waals surface area (Å²) >= 11 is 0. The van der Waals surface area contributed by atoms with Crippen LogP contribution in [0.15, 0.2) is 61.4 Å². The SMILES string of the molecule is C=C(OCC)c1c(C2C[C@H]3CC[C@@H](C2)N3C(=O)OC(C)(C)C)nc2c(-c3ccc(-c4ccccc4)nc3)cnn2c1N(COCC[Si](C)(C)C)COCC[Si](C)(C)C. The normalized spacial score (nSPS) is 18.4. The third kappa shape index (κ3) is 10.8. The van der Waals surface area contributed by atoms with Crippen molar-refractivity contribution in [1.82, 2.24) is 24.5 Å². The van der Waals surface area contributed by atoms with Gasteiger partial charge in [-0.2, -0.15) is 9.61 Å². The molecule has 3 aromatic heterocycles. The van der Waals surface area contributed by atoms with Crippen molar-refractivity contribution in [1.29, 1.82) is 0 Å². The van der Waals surface area contributed by atoms with E-state index in [2.05, 4.69) is 75.0 Å². The second-order valence-electron chi connectivity index (χ2n) is 19.3. The van der Waals surface area contributed by atoms with Gasteiger partial charge in [-0.05, 0) is 71.5 Å². The average Bonchev–Trinajstić information content (AvgIpc) is 3.70. The zero-order valence-corrected chi connectivity index (χ0v) is 38.6. The van der Waals surface area contributed by atoms with E-state index < -0.39 is 21.7 Å². The van der Waals surface area contributed by atoms with Crippen molar-refractivity contribution < 1.29 is 23.7 Å². The fourth-order valence-electron chi connectivity index (χ4n) is 7.91. The number of nitrogens with zero attached hydrogens (tertiary/aromatic N) is 6. The largest absolute Gasteiger partial charge is 0.494 e. The summed E-state index contributed by atoms with van der Waals surface area (Å²) in [4.78, 5) is 28.1. The van der Waals surface area contributed by atoms with Gasteiger partial charge in [-0.3, -0.25) is 4.98 Å². The highest BCUT2D eigenvalue weighted by Gasteiger charge is 2.46. The predicted octanol–water partition coefficient (Wildman–Crippen LogP) is 10.5. The number of amides is 1. The average molecular weight is 827 g/mol. The number of aromatic nitrogens is 4. The molecule has 0 saturated carbocycles. The Labute approximate surface area is 348 Å². The van der Waals surface area contributed by atoms with Crippen LogP contribution in [0.4, 0.5) is 10.6 Å². The lowest BCUT2D eigenvalue weighted by Gasteiger charge is -2.40. The van der Waals surface area contributed by atoms with Crippen molar-refractivity contribution in [2.75, 3.05) is 38.2 Å². The number of hydrogen-bond donors (Lipinski definition) is 0. The topological polar surface area (TPSA) is 104 Å². The van der Waals surface area contributed by atoms with Gasteiger partial charge in [-0.25, -0.2) is 9.78 Å². The highest BCUT2D eigenvalue weighted by atomic mass is 28.3. The van der Waals surface area contributed by atoms with Crippen LogP contribution in [0.25, 0.3) is 33.8 Å². The van der Waals surface area contributed by atoms with E-state index in [-0.39, 0.29) is 24.1 Å². The first kappa shape index (κ1) is 43.5. The van der Waals surface area contributed by atoms with E-state index in [1.54, 1.807) is 0 Å². The first-order chi connectivity index (χ1) is 27.4. The summed E-state index contributed by atoms with van der Waals surface area (Å²) in [6, 6.07) is 16.5.